The van der Waals surface area contributed by atoms with Gasteiger partial charge in [-0.05, 0) is 12.1 Å². The minimum Gasteiger partial charge on any atom is -0.448 e. The van der Waals surface area contributed by atoms with E-state index in [1.54, 1.807) is 24.3 Å². The zero-order valence-corrected chi connectivity index (χ0v) is 10.4. The van der Waals surface area contributed by atoms with Gasteiger partial charge >= 0.3 is 6.09 Å². The molecular weight excluding hydrogens is 238 g/mol. The summed E-state index contributed by atoms with van der Waals surface area (Å²) in [6.07, 6.45) is 0.840. The van der Waals surface area contributed by atoms with Crippen molar-refractivity contribution in [3.05, 3.63) is 29.3 Å². The van der Waals surface area contributed by atoms with Gasteiger partial charge in [-0.25, -0.2) is 4.79 Å². The fourth-order valence-corrected chi connectivity index (χ4v) is 1.30. The summed E-state index contributed by atoms with van der Waals surface area (Å²) in [5.41, 5.74) is 0.541. The standard InChI is InChI=1S/C13H14ClNO2/c1-2-3-4-7-10-17-13(16)15-12-9-6-5-8-11(12)14/h5-6,8-9H,2,7,10H2,1H3,(H,15,16). The maximum absolute atomic E-state index is 11.4. The van der Waals surface area contributed by atoms with Gasteiger partial charge in [0.2, 0.25) is 0 Å². The third-order valence-electron chi connectivity index (χ3n) is 1.87. The molecule has 0 heterocycles. The van der Waals surface area contributed by atoms with Gasteiger partial charge in [0, 0.05) is 12.8 Å². The van der Waals surface area contributed by atoms with E-state index in [4.69, 9.17) is 16.3 Å². The average Bonchev–Trinajstić information content (AvgIpc) is 2.32. The number of benzene rings is 1. The Balaban J connectivity index is 2.33. The van der Waals surface area contributed by atoms with Gasteiger partial charge in [0.05, 0.1) is 10.7 Å². The normalized spacial score (nSPS) is 9.06. The van der Waals surface area contributed by atoms with Crippen molar-refractivity contribution in [3.8, 4) is 11.8 Å². The van der Waals surface area contributed by atoms with Gasteiger partial charge in [-0.2, -0.15) is 0 Å². The van der Waals surface area contributed by atoms with E-state index in [1.807, 2.05) is 6.92 Å². The largest absolute Gasteiger partial charge is 0.448 e. The van der Waals surface area contributed by atoms with Crippen LogP contribution in [0.4, 0.5) is 10.5 Å². The van der Waals surface area contributed by atoms with Crippen LogP contribution < -0.4 is 5.32 Å². The van der Waals surface area contributed by atoms with Gasteiger partial charge in [-0.1, -0.05) is 36.6 Å². The molecule has 0 aromatic heterocycles. The molecule has 1 amide bonds. The Kier molecular flexibility index (Phi) is 5.98. The van der Waals surface area contributed by atoms with Crippen molar-refractivity contribution in [3.63, 3.8) is 0 Å². The Morgan fingerprint density at radius 1 is 1.41 bits per heavy atom. The Morgan fingerprint density at radius 3 is 2.88 bits per heavy atom. The smallest absolute Gasteiger partial charge is 0.411 e. The molecule has 0 aliphatic heterocycles. The zero-order chi connectivity index (χ0) is 12.5. The van der Waals surface area contributed by atoms with Crippen molar-refractivity contribution < 1.29 is 9.53 Å². The third-order valence-corrected chi connectivity index (χ3v) is 2.20. The van der Waals surface area contributed by atoms with Gasteiger partial charge in [-0.15, -0.1) is 5.92 Å². The predicted octanol–water partition coefficient (Wildman–Crippen LogP) is 3.69. The van der Waals surface area contributed by atoms with Crippen molar-refractivity contribution in [2.45, 2.75) is 19.8 Å². The Labute approximate surface area is 106 Å². The number of para-hydroxylation sites is 1. The van der Waals surface area contributed by atoms with Crippen LogP contribution in [0.15, 0.2) is 24.3 Å². The summed E-state index contributed by atoms with van der Waals surface area (Å²) in [5, 5.41) is 3.04. The molecular formula is C13H14ClNO2. The number of halogens is 1. The molecule has 0 bridgehead atoms. The highest BCUT2D eigenvalue weighted by Gasteiger charge is 2.04. The number of carbonyl (C=O) groups excluding carboxylic acids is 1. The lowest BCUT2D eigenvalue weighted by Crippen LogP contribution is -2.14. The second-order valence-electron chi connectivity index (χ2n) is 3.20. The monoisotopic (exact) mass is 251 g/mol. The number of nitrogens with one attached hydrogen (secondary N) is 1. The lowest BCUT2D eigenvalue weighted by atomic mass is 10.3. The number of hydrogen-bond donors (Lipinski definition) is 1. The highest BCUT2D eigenvalue weighted by atomic mass is 35.5. The maximum atomic E-state index is 11.4. The van der Waals surface area contributed by atoms with Crippen molar-refractivity contribution in [2.75, 3.05) is 11.9 Å². The molecule has 3 nitrogen and oxygen atoms in total. The molecule has 0 fully saturated rings. The number of rotatable bonds is 3. The molecule has 0 radical (unpaired) electrons. The highest BCUT2D eigenvalue weighted by molar-refractivity contribution is 6.33. The van der Waals surface area contributed by atoms with Crippen LogP contribution in [-0.2, 0) is 4.74 Å². The minimum absolute atomic E-state index is 0.281. The number of amides is 1. The fourth-order valence-electron chi connectivity index (χ4n) is 1.12. The van der Waals surface area contributed by atoms with E-state index < -0.39 is 6.09 Å². The Morgan fingerprint density at radius 2 is 2.18 bits per heavy atom. The van der Waals surface area contributed by atoms with Crippen LogP contribution >= 0.6 is 11.6 Å². The quantitative estimate of drug-likeness (QED) is 0.657. The van der Waals surface area contributed by atoms with Crippen LogP contribution in [0.2, 0.25) is 5.02 Å². The molecule has 0 atom stereocenters. The topological polar surface area (TPSA) is 38.3 Å². The third kappa shape index (κ3) is 5.28. The lowest BCUT2D eigenvalue weighted by molar-refractivity contribution is 0.164. The van der Waals surface area contributed by atoms with Crippen molar-refractivity contribution in [1.29, 1.82) is 0 Å². The van der Waals surface area contributed by atoms with Crippen LogP contribution in [0.25, 0.3) is 0 Å². The zero-order valence-electron chi connectivity index (χ0n) is 9.63. The summed E-state index contributed by atoms with van der Waals surface area (Å²) >= 11 is 5.88. The molecule has 0 saturated heterocycles. The fraction of sp³-hybridized carbons (Fsp3) is 0.308. The number of anilines is 1. The van der Waals surface area contributed by atoms with Crippen LogP contribution in [0.1, 0.15) is 19.8 Å². The van der Waals surface area contributed by atoms with E-state index >= 15 is 0 Å². The van der Waals surface area contributed by atoms with Crippen LogP contribution in [0, 0.1) is 11.8 Å². The van der Waals surface area contributed by atoms with Gasteiger partial charge < -0.3 is 4.74 Å². The first-order chi connectivity index (χ1) is 8.24. The Bertz CT molecular complexity index is 435. The van der Waals surface area contributed by atoms with Gasteiger partial charge in [0.1, 0.15) is 6.61 Å². The average molecular weight is 252 g/mol. The molecule has 1 rings (SSSR count). The minimum atomic E-state index is -0.517. The molecule has 0 saturated carbocycles. The van der Waals surface area contributed by atoms with Gasteiger partial charge in [0.25, 0.3) is 0 Å². The summed E-state index contributed by atoms with van der Waals surface area (Å²) in [6.45, 7) is 2.25. The number of hydrogen-bond acceptors (Lipinski definition) is 2. The Hall–Kier alpha value is -1.66. The first-order valence-corrected chi connectivity index (χ1v) is 5.76. The van der Waals surface area contributed by atoms with E-state index in [2.05, 4.69) is 17.2 Å². The molecule has 17 heavy (non-hydrogen) atoms. The lowest BCUT2D eigenvalue weighted by Gasteiger charge is -2.06. The van der Waals surface area contributed by atoms with Crippen molar-refractivity contribution in [2.24, 2.45) is 0 Å². The van der Waals surface area contributed by atoms with Crippen molar-refractivity contribution in [1.82, 2.24) is 0 Å². The van der Waals surface area contributed by atoms with E-state index in [0.717, 1.165) is 6.42 Å². The highest BCUT2D eigenvalue weighted by Crippen LogP contribution is 2.20. The summed E-state index contributed by atoms with van der Waals surface area (Å²) in [7, 11) is 0. The van der Waals surface area contributed by atoms with Gasteiger partial charge in [0.15, 0.2) is 0 Å². The van der Waals surface area contributed by atoms with Crippen LogP contribution in [0.5, 0.6) is 0 Å². The molecule has 1 aromatic carbocycles. The van der Waals surface area contributed by atoms with Gasteiger partial charge in [-0.3, -0.25) is 5.32 Å². The second-order valence-corrected chi connectivity index (χ2v) is 3.61. The summed E-state index contributed by atoms with van der Waals surface area (Å²) in [4.78, 5) is 11.4. The van der Waals surface area contributed by atoms with E-state index in [9.17, 15) is 4.79 Å². The first-order valence-electron chi connectivity index (χ1n) is 5.38. The van der Waals surface area contributed by atoms with E-state index in [0.29, 0.717) is 17.1 Å². The molecule has 0 spiro atoms. The summed E-state index contributed by atoms with van der Waals surface area (Å²) in [5.74, 6) is 5.78. The number of ether oxygens (including phenoxy) is 1. The predicted molar refractivity (Wildman–Crippen MR) is 69.1 cm³/mol. The SMILES string of the molecule is CCC#CCCOC(=O)Nc1ccccc1Cl. The molecule has 1 N–H and O–H groups in total. The molecule has 0 unspecified atom stereocenters. The molecule has 90 valence electrons. The van der Waals surface area contributed by atoms with E-state index in [1.165, 1.54) is 0 Å². The maximum Gasteiger partial charge on any atom is 0.411 e. The number of carbonyl (C=O) groups is 1. The second kappa shape index (κ2) is 7.59. The van der Waals surface area contributed by atoms with Crippen molar-refractivity contribution >= 4 is 23.4 Å². The van der Waals surface area contributed by atoms with Crippen LogP contribution in [-0.4, -0.2) is 12.7 Å². The van der Waals surface area contributed by atoms with E-state index in [-0.39, 0.29) is 6.61 Å². The molecule has 0 aliphatic carbocycles. The molecule has 1 aromatic rings. The molecule has 0 aliphatic rings. The van der Waals surface area contributed by atoms with Crippen LogP contribution in [0.3, 0.4) is 0 Å². The molecule has 4 heteroatoms. The first kappa shape index (κ1) is 13.4. The summed E-state index contributed by atoms with van der Waals surface area (Å²) < 4.78 is 4.94. The summed E-state index contributed by atoms with van der Waals surface area (Å²) in [6, 6.07) is 6.98.